The van der Waals surface area contributed by atoms with Crippen molar-refractivity contribution in [3.8, 4) is 10.6 Å². The Kier molecular flexibility index (Phi) is 2.56. The average Bonchev–Trinajstić information content (AvgIpc) is 2.94. The Balaban J connectivity index is 1.88. The minimum absolute atomic E-state index is 0.129. The Morgan fingerprint density at radius 1 is 1.37 bits per heavy atom. The molecule has 0 saturated carbocycles. The molecule has 4 heterocycles. The van der Waals surface area contributed by atoms with Gasteiger partial charge >= 0.3 is 0 Å². The lowest BCUT2D eigenvalue weighted by Crippen LogP contribution is -2.45. The van der Waals surface area contributed by atoms with E-state index in [0.29, 0.717) is 11.8 Å². The van der Waals surface area contributed by atoms with E-state index in [9.17, 15) is 4.79 Å². The van der Waals surface area contributed by atoms with Crippen LogP contribution in [0.1, 0.15) is 18.0 Å². The van der Waals surface area contributed by atoms with Crippen LogP contribution >= 0.6 is 11.3 Å². The molecule has 0 amide bonds. The molecule has 98 valence electrons. The Hall–Kier alpha value is -1.46. The molecule has 1 fully saturated rings. The third kappa shape index (κ3) is 1.76. The first kappa shape index (κ1) is 11.4. The molecule has 2 atom stereocenters. The van der Waals surface area contributed by atoms with E-state index < -0.39 is 0 Å². The minimum Gasteiger partial charge on any atom is -0.316 e. The lowest BCUT2D eigenvalue weighted by atomic mass is 9.84. The van der Waals surface area contributed by atoms with Gasteiger partial charge in [-0.25, -0.2) is 4.98 Å². The Bertz CT molecular complexity index is 662. The molecule has 2 unspecified atom stereocenters. The molecule has 2 bridgehead atoms. The maximum Gasteiger partial charge on any atom is 0.261 e. The third-order valence-electron chi connectivity index (χ3n) is 4.17. The molecule has 1 N–H and O–H groups in total. The Morgan fingerprint density at radius 3 is 3.16 bits per heavy atom. The summed E-state index contributed by atoms with van der Waals surface area (Å²) in [5.74, 6) is 1.08. The van der Waals surface area contributed by atoms with Gasteiger partial charge in [-0.2, -0.15) is 0 Å². The number of pyridine rings is 1. The van der Waals surface area contributed by atoms with Crippen LogP contribution in [0, 0.1) is 5.92 Å². The highest BCUT2D eigenvalue weighted by atomic mass is 32.1. The lowest BCUT2D eigenvalue weighted by molar-refractivity contribution is 0.257. The zero-order chi connectivity index (χ0) is 12.8. The summed E-state index contributed by atoms with van der Waals surface area (Å²) in [7, 11) is 0. The summed E-state index contributed by atoms with van der Waals surface area (Å²) in [5.41, 5.74) is 2.06. The molecule has 0 spiro atoms. The van der Waals surface area contributed by atoms with Crippen LogP contribution in [0.5, 0.6) is 0 Å². The number of nitrogens with one attached hydrogen (secondary N) is 1. The van der Waals surface area contributed by atoms with E-state index in [1.54, 1.807) is 6.20 Å². The van der Waals surface area contributed by atoms with E-state index in [0.717, 1.165) is 30.2 Å². The van der Waals surface area contributed by atoms with Crippen molar-refractivity contribution >= 4 is 11.3 Å². The van der Waals surface area contributed by atoms with Gasteiger partial charge in [0.25, 0.3) is 5.56 Å². The first-order valence-corrected chi connectivity index (χ1v) is 7.55. The summed E-state index contributed by atoms with van der Waals surface area (Å²) in [5, 5.41) is 6.21. The number of hydrogen-bond acceptors (Lipinski definition) is 4. The van der Waals surface area contributed by atoms with Crippen LogP contribution in [-0.2, 0) is 6.54 Å². The molecule has 2 aromatic heterocycles. The van der Waals surface area contributed by atoms with E-state index in [2.05, 4.69) is 16.4 Å². The fourth-order valence-corrected chi connectivity index (χ4v) is 3.96. The largest absolute Gasteiger partial charge is 0.316 e. The van der Waals surface area contributed by atoms with Crippen molar-refractivity contribution in [3.05, 3.63) is 39.8 Å². The highest BCUT2D eigenvalue weighted by molar-refractivity contribution is 7.13. The van der Waals surface area contributed by atoms with E-state index in [1.807, 2.05) is 16.0 Å². The lowest BCUT2D eigenvalue weighted by Gasteiger charge is -2.37. The van der Waals surface area contributed by atoms with Crippen molar-refractivity contribution in [2.45, 2.75) is 18.9 Å². The Labute approximate surface area is 115 Å². The number of piperidine rings is 1. The molecule has 0 aliphatic carbocycles. The SMILES string of the molecule is O=c1c(-c2nccs2)ccc2n1CC1CNCC2C1. The summed E-state index contributed by atoms with van der Waals surface area (Å²) in [6, 6.07) is 4.06. The average molecular weight is 273 g/mol. The summed E-state index contributed by atoms with van der Waals surface area (Å²) in [4.78, 5) is 16.9. The van der Waals surface area contributed by atoms with E-state index >= 15 is 0 Å². The Morgan fingerprint density at radius 2 is 2.32 bits per heavy atom. The predicted octanol–water partition coefficient (Wildman–Crippen LogP) is 1.68. The predicted molar refractivity (Wildman–Crippen MR) is 75.5 cm³/mol. The number of rotatable bonds is 1. The second-order valence-corrected chi connectivity index (χ2v) is 6.28. The zero-order valence-electron chi connectivity index (χ0n) is 10.5. The van der Waals surface area contributed by atoms with Gasteiger partial charge in [0.15, 0.2) is 0 Å². The van der Waals surface area contributed by atoms with Crippen molar-refractivity contribution in [2.75, 3.05) is 13.1 Å². The van der Waals surface area contributed by atoms with Gasteiger partial charge in [0.2, 0.25) is 0 Å². The van der Waals surface area contributed by atoms with E-state index in [-0.39, 0.29) is 5.56 Å². The number of thiazole rings is 1. The first-order chi connectivity index (χ1) is 9.33. The minimum atomic E-state index is 0.129. The fourth-order valence-electron chi connectivity index (χ4n) is 3.31. The maximum absolute atomic E-state index is 12.7. The number of fused-ring (bicyclic) bond motifs is 4. The molecular formula is C14H15N3OS. The van der Waals surface area contributed by atoms with Gasteiger partial charge in [0.1, 0.15) is 5.01 Å². The van der Waals surface area contributed by atoms with Crippen LogP contribution in [0.3, 0.4) is 0 Å². The van der Waals surface area contributed by atoms with Crippen LogP contribution in [0.25, 0.3) is 10.6 Å². The van der Waals surface area contributed by atoms with E-state index in [1.165, 1.54) is 23.5 Å². The number of nitrogens with zero attached hydrogens (tertiary/aromatic N) is 2. The summed E-state index contributed by atoms with van der Waals surface area (Å²) >= 11 is 1.53. The normalized spacial score (nSPS) is 25.1. The first-order valence-electron chi connectivity index (χ1n) is 6.67. The van der Waals surface area contributed by atoms with Crippen molar-refractivity contribution < 1.29 is 0 Å². The summed E-state index contributed by atoms with van der Waals surface area (Å²) in [6.45, 7) is 2.87. The molecular weight excluding hydrogens is 258 g/mol. The maximum atomic E-state index is 12.7. The summed E-state index contributed by atoms with van der Waals surface area (Å²) < 4.78 is 1.98. The van der Waals surface area contributed by atoms with Crippen molar-refractivity contribution in [1.29, 1.82) is 0 Å². The molecule has 2 aliphatic heterocycles. The smallest absolute Gasteiger partial charge is 0.261 e. The standard InChI is InChI=1S/C14H15N3OS/c18-14-11(13-16-3-4-19-13)1-2-12-10-5-9(6-15-7-10)8-17(12)14/h1-4,9-10,15H,5-8H2. The quantitative estimate of drug-likeness (QED) is 0.860. The molecule has 0 aromatic carbocycles. The van der Waals surface area contributed by atoms with Gasteiger partial charge in [0.05, 0.1) is 5.56 Å². The van der Waals surface area contributed by atoms with Gasteiger partial charge < -0.3 is 9.88 Å². The second-order valence-electron chi connectivity index (χ2n) is 5.38. The molecule has 2 aliphatic rings. The van der Waals surface area contributed by atoms with Crippen molar-refractivity contribution in [1.82, 2.24) is 14.9 Å². The zero-order valence-corrected chi connectivity index (χ0v) is 11.3. The molecule has 4 rings (SSSR count). The molecule has 19 heavy (non-hydrogen) atoms. The van der Waals surface area contributed by atoms with Crippen LogP contribution < -0.4 is 10.9 Å². The van der Waals surface area contributed by atoms with Gasteiger partial charge in [-0.15, -0.1) is 11.3 Å². The fraction of sp³-hybridized carbons (Fsp3) is 0.429. The third-order valence-corrected chi connectivity index (χ3v) is 4.98. The molecule has 1 saturated heterocycles. The number of hydrogen-bond donors (Lipinski definition) is 1. The second kappa shape index (κ2) is 4.28. The van der Waals surface area contributed by atoms with Gasteiger partial charge in [-0.05, 0) is 31.0 Å². The summed E-state index contributed by atoms with van der Waals surface area (Å²) in [6.07, 6.45) is 2.96. The molecule has 4 nitrogen and oxygen atoms in total. The van der Waals surface area contributed by atoms with Crippen LogP contribution in [0.4, 0.5) is 0 Å². The van der Waals surface area contributed by atoms with Gasteiger partial charge in [-0.1, -0.05) is 0 Å². The number of aromatic nitrogens is 2. The van der Waals surface area contributed by atoms with E-state index in [4.69, 9.17) is 0 Å². The van der Waals surface area contributed by atoms with Crippen molar-refractivity contribution in [2.24, 2.45) is 5.92 Å². The van der Waals surface area contributed by atoms with Crippen LogP contribution in [0.2, 0.25) is 0 Å². The monoisotopic (exact) mass is 273 g/mol. The highest BCUT2D eigenvalue weighted by Crippen LogP contribution is 2.32. The molecule has 5 heteroatoms. The van der Waals surface area contributed by atoms with Crippen molar-refractivity contribution in [3.63, 3.8) is 0 Å². The molecule has 0 radical (unpaired) electrons. The highest BCUT2D eigenvalue weighted by Gasteiger charge is 2.31. The van der Waals surface area contributed by atoms with Gasteiger partial charge in [-0.3, -0.25) is 4.79 Å². The van der Waals surface area contributed by atoms with Gasteiger partial charge in [0, 0.05) is 36.3 Å². The topological polar surface area (TPSA) is 46.9 Å². The van der Waals surface area contributed by atoms with Crippen LogP contribution in [0.15, 0.2) is 28.5 Å². The molecule has 2 aromatic rings. The van der Waals surface area contributed by atoms with Crippen LogP contribution in [-0.4, -0.2) is 22.6 Å².